The second-order valence-electron chi connectivity index (χ2n) is 6.21. The molecule has 1 fully saturated rings. The van der Waals surface area contributed by atoms with Gasteiger partial charge in [0.1, 0.15) is 0 Å². The zero-order valence-electron chi connectivity index (χ0n) is 12.7. The van der Waals surface area contributed by atoms with Crippen LogP contribution < -0.4 is 5.32 Å². The van der Waals surface area contributed by atoms with Crippen molar-refractivity contribution in [2.45, 2.75) is 72.4 Å². The van der Waals surface area contributed by atoms with Crippen molar-refractivity contribution >= 4 is 5.91 Å². The van der Waals surface area contributed by atoms with E-state index in [9.17, 15) is 4.79 Å². The third-order valence-corrected chi connectivity index (χ3v) is 4.18. The molecule has 1 aliphatic heterocycles. The standard InChI is InChI=1S/C15H30N2O/c1-6-12(4)14-15(18)17(10-16-14)13(5)9-7-8-11(2)3/h11-14,16H,6-10H2,1-5H3. The van der Waals surface area contributed by atoms with Crippen molar-refractivity contribution in [3.8, 4) is 0 Å². The highest BCUT2D eigenvalue weighted by atomic mass is 16.2. The topological polar surface area (TPSA) is 32.3 Å². The molecule has 0 bridgehead atoms. The molecule has 1 N–H and O–H groups in total. The van der Waals surface area contributed by atoms with Gasteiger partial charge in [-0.1, -0.05) is 47.0 Å². The Hall–Kier alpha value is -0.570. The van der Waals surface area contributed by atoms with E-state index in [2.05, 4.69) is 39.9 Å². The van der Waals surface area contributed by atoms with Gasteiger partial charge in [-0.05, 0) is 25.2 Å². The summed E-state index contributed by atoms with van der Waals surface area (Å²) in [6.45, 7) is 11.7. The Morgan fingerprint density at radius 2 is 1.94 bits per heavy atom. The molecule has 0 aliphatic carbocycles. The van der Waals surface area contributed by atoms with Gasteiger partial charge in [0.15, 0.2) is 0 Å². The fourth-order valence-electron chi connectivity index (χ4n) is 2.57. The second kappa shape index (κ2) is 7.13. The van der Waals surface area contributed by atoms with Gasteiger partial charge < -0.3 is 4.90 Å². The normalized spacial score (nSPS) is 23.8. The van der Waals surface area contributed by atoms with Crippen LogP contribution in [-0.2, 0) is 4.79 Å². The van der Waals surface area contributed by atoms with Crippen molar-refractivity contribution < 1.29 is 4.79 Å². The largest absolute Gasteiger partial charge is 0.326 e. The molecule has 1 rings (SSSR count). The maximum Gasteiger partial charge on any atom is 0.241 e. The molecule has 0 aromatic carbocycles. The zero-order chi connectivity index (χ0) is 13.7. The van der Waals surface area contributed by atoms with Gasteiger partial charge in [0.05, 0.1) is 12.7 Å². The van der Waals surface area contributed by atoms with E-state index in [1.807, 2.05) is 4.90 Å². The smallest absolute Gasteiger partial charge is 0.241 e. The summed E-state index contributed by atoms with van der Waals surface area (Å²) >= 11 is 0. The van der Waals surface area contributed by atoms with E-state index in [0.717, 1.165) is 25.4 Å². The monoisotopic (exact) mass is 254 g/mol. The molecule has 3 unspecified atom stereocenters. The first-order valence-corrected chi connectivity index (χ1v) is 7.51. The number of nitrogens with one attached hydrogen (secondary N) is 1. The summed E-state index contributed by atoms with van der Waals surface area (Å²) in [4.78, 5) is 14.3. The first-order chi connectivity index (χ1) is 8.47. The molecule has 3 atom stereocenters. The lowest BCUT2D eigenvalue weighted by atomic mass is 9.98. The summed E-state index contributed by atoms with van der Waals surface area (Å²) in [7, 11) is 0. The van der Waals surface area contributed by atoms with E-state index in [1.54, 1.807) is 0 Å². The lowest BCUT2D eigenvalue weighted by Gasteiger charge is -2.25. The minimum atomic E-state index is 0.0440. The predicted molar refractivity (Wildman–Crippen MR) is 76.2 cm³/mol. The minimum Gasteiger partial charge on any atom is -0.326 e. The van der Waals surface area contributed by atoms with Gasteiger partial charge in [-0.25, -0.2) is 0 Å². The van der Waals surface area contributed by atoms with Crippen molar-refractivity contribution in [2.75, 3.05) is 6.67 Å². The predicted octanol–water partition coefficient (Wildman–Crippen LogP) is 3.01. The molecule has 0 aromatic rings. The Kier molecular flexibility index (Phi) is 6.13. The first-order valence-electron chi connectivity index (χ1n) is 7.51. The van der Waals surface area contributed by atoms with Crippen LogP contribution >= 0.6 is 0 Å². The highest BCUT2D eigenvalue weighted by molar-refractivity contribution is 5.84. The van der Waals surface area contributed by atoms with Gasteiger partial charge in [0.2, 0.25) is 5.91 Å². The van der Waals surface area contributed by atoms with Gasteiger partial charge in [0, 0.05) is 6.04 Å². The molecule has 18 heavy (non-hydrogen) atoms. The van der Waals surface area contributed by atoms with Crippen LogP contribution in [-0.4, -0.2) is 29.6 Å². The van der Waals surface area contributed by atoms with Crippen LogP contribution in [0.5, 0.6) is 0 Å². The molecule has 0 spiro atoms. The molecule has 1 saturated heterocycles. The average Bonchev–Trinajstić information content (AvgIpc) is 2.69. The molecule has 0 aromatic heterocycles. The number of hydrogen-bond donors (Lipinski definition) is 1. The van der Waals surface area contributed by atoms with Crippen LogP contribution in [0, 0.1) is 11.8 Å². The van der Waals surface area contributed by atoms with E-state index in [4.69, 9.17) is 0 Å². The lowest BCUT2D eigenvalue weighted by Crippen LogP contribution is -2.39. The lowest BCUT2D eigenvalue weighted by molar-refractivity contribution is -0.131. The van der Waals surface area contributed by atoms with E-state index in [-0.39, 0.29) is 6.04 Å². The number of carbonyl (C=O) groups is 1. The second-order valence-corrected chi connectivity index (χ2v) is 6.21. The molecule has 0 radical (unpaired) electrons. The Balaban J connectivity index is 2.41. The maximum atomic E-state index is 12.3. The highest BCUT2D eigenvalue weighted by Gasteiger charge is 2.36. The summed E-state index contributed by atoms with van der Waals surface area (Å²) in [6.07, 6.45) is 4.66. The van der Waals surface area contributed by atoms with Crippen molar-refractivity contribution in [3.63, 3.8) is 0 Å². The van der Waals surface area contributed by atoms with E-state index >= 15 is 0 Å². The van der Waals surface area contributed by atoms with Crippen LogP contribution in [0.4, 0.5) is 0 Å². The van der Waals surface area contributed by atoms with Crippen LogP contribution in [0.25, 0.3) is 0 Å². The number of carbonyl (C=O) groups excluding carboxylic acids is 1. The summed E-state index contributed by atoms with van der Waals surface area (Å²) in [5.41, 5.74) is 0. The van der Waals surface area contributed by atoms with E-state index < -0.39 is 0 Å². The average molecular weight is 254 g/mol. The molecule has 106 valence electrons. The molecule has 0 saturated carbocycles. The van der Waals surface area contributed by atoms with Gasteiger partial charge in [-0.3, -0.25) is 10.1 Å². The Morgan fingerprint density at radius 1 is 1.28 bits per heavy atom. The van der Waals surface area contributed by atoms with Crippen LogP contribution in [0.2, 0.25) is 0 Å². The number of nitrogens with zero attached hydrogens (tertiary/aromatic N) is 1. The molecular formula is C15H30N2O. The van der Waals surface area contributed by atoms with Gasteiger partial charge >= 0.3 is 0 Å². The minimum absolute atomic E-state index is 0.0440. The summed E-state index contributed by atoms with van der Waals surface area (Å²) < 4.78 is 0. The Morgan fingerprint density at radius 3 is 2.50 bits per heavy atom. The van der Waals surface area contributed by atoms with Crippen LogP contribution in [0.3, 0.4) is 0 Å². The highest BCUT2D eigenvalue weighted by Crippen LogP contribution is 2.20. The molecule has 1 amide bonds. The zero-order valence-corrected chi connectivity index (χ0v) is 12.7. The summed E-state index contributed by atoms with van der Waals surface area (Å²) in [5.74, 6) is 1.50. The van der Waals surface area contributed by atoms with Crippen LogP contribution in [0.1, 0.15) is 60.3 Å². The molecular weight excluding hydrogens is 224 g/mol. The quantitative estimate of drug-likeness (QED) is 0.757. The fourth-order valence-corrected chi connectivity index (χ4v) is 2.57. The number of hydrogen-bond acceptors (Lipinski definition) is 2. The third-order valence-electron chi connectivity index (χ3n) is 4.18. The van der Waals surface area contributed by atoms with Gasteiger partial charge in [-0.2, -0.15) is 0 Å². The Bertz CT molecular complexity index is 265. The third kappa shape index (κ3) is 3.98. The number of amides is 1. The van der Waals surface area contributed by atoms with Crippen molar-refractivity contribution in [2.24, 2.45) is 11.8 Å². The molecule has 1 heterocycles. The van der Waals surface area contributed by atoms with Gasteiger partial charge in [0.25, 0.3) is 0 Å². The maximum absolute atomic E-state index is 12.3. The SMILES string of the molecule is CCC(C)C1NCN(C(C)CCCC(C)C)C1=O. The summed E-state index contributed by atoms with van der Waals surface area (Å²) in [5, 5.41) is 3.36. The molecule has 3 heteroatoms. The van der Waals surface area contributed by atoms with Gasteiger partial charge in [-0.15, -0.1) is 0 Å². The number of rotatable bonds is 7. The fraction of sp³-hybridized carbons (Fsp3) is 0.933. The molecule has 3 nitrogen and oxygen atoms in total. The Labute approximate surface area is 112 Å². The van der Waals surface area contributed by atoms with Crippen molar-refractivity contribution in [1.82, 2.24) is 10.2 Å². The molecule has 1 aliphatic rings. The summed E-state index contributed by atoms with van der Waals surface area (Å²) in [6, 6.07) is 0.417. The van der Waals surface area contributed by atoms with Crippen molar-refractivity contribution in [3.05, 3.63) is 0 Å². The van der Waals surface area contributed by atoms with Crippen molar-refractivity contribution in [1.29, 1.82) is 0 Å². The first kappa shape index (κ1) is 15.5. The van der Waals surface area contributed by atoms with Crippen LogP contribution in [0.15, 0.2) is 0 Å². The van der Waals surface area contributed by atoms with E-state index in [0.29, 0.717) is 17.9 Å². The van der Waals surface area contributed by atoms with E-state index in [1.165, 1.54) is 12.8 Å².